The van der Waals surface area contributed by atoms with Crippen molar-refractivity contribution < 1.29 is 14.6 Å². The van der Waals surface area contributed by atoms with Crippen LogP contribution in [0.5, 0.6) is 5.88 Å². The molecule has 0 radical (unpaired) electrons. The Morgan fingerprint density at radius 3 is 2.93 bits per heavy atom. The van der Waals surface area contributed by atoms with Crippen molar-refractivity contribution >= 4 is 46.9 Å². The Bertz CT molecular complexity index is 1110. The number of rotatable bonds is 4. The van der Waals surface area contributed by atoms with Crippen LogP contribution in [-0.4, -0.2) is 34.0 Å². The summed E-state index contributed by atoms with van der Waals surface area (Å²) in [6, 6.07) is 9.52. The molecular formula is C20H18N4O3S2. The molecule has 1 aromatic heterocycles. The van der Waals surface area contributed by atoms with Gasteiger partial charge in [0.1, 0.15) is 6.07 Å². The molecule has 3 heterocycles. The molecule has 1 fully saturated rings. The number of aryl methyl sites for hydroxylation is 1. The van der Waals surface area contributed by atoms with E-state index in [0.717, 1.165) is 25.0 Å². The first-order valence-corrected chi connectivity index (χ1v) is 10.3. The minimum atomic E-state index is 0.0456. The monoisotopic (exact) mass is 426 g/mol. The fourth-order valence-corrected chi connectivity index (χ4v) is 4.30. The van der Waals surface area contributed by atoms with Gasteiger partial charge >= 0.3 is 0 Å². The molecule has 2 aliphatic rings. The van der Waals surface area contributed by atoms with E-state index in [1.54, 1.807) is 10.6 Å². The van der Waals surface area contributed by atoms with Gasteiger partial charge in [0, 0.05) is 12.7 Å². The molecule has 1 saturated heterocycles. The molecule has 1 aromatic carbocycles. The van der Waals surface area contributed by atoms with Crippen LogP contribution in [0.25, 0.3) is 6.08 Å². The summed E-state index contributed by atoms with van der Waals surface area (Å²) in [5.41, 5.74) is 1.86. The zero-order chi connectivity index (χ0) is 20.4. The number of benzene rings is 1. The summed E-state index contributed by atoms with van der Waals surface area (Å²) in [5, 5.41) is 19.9. The van der Waals surface area contributed by atoms with Crippen LogP contribution in [0, 0.1) is 22.2 Å². The highest BCUT2D eigenvalue weighted by Crippen LogP contribution is 2.31. The highest BCUT2D eigenvalue weighted by molar-refractivity contribution is 7.73. The zero-order valence-electron chi connectivity index (χ0n) is 15.7. The Labute approximate surface area is 176 Å². The molecular weight excluding hydrogens is 408 g/mol. The van der Waals surface area contributed by atoms with E-state index >= 15 is 0 Å². The van der Waals surface area contributed by atoms with Crippen LogP contribution >= 0.6 is 23.6 Å². The lowest BCUT2D eigenvalue weighted by atomic mass is 10.2. The lowest BCUT2D eigenvalue weighted by Gasteiger charge is -2.10. The van der Waals surface area contributed by atoms with Crippen molar-refractivity contribution in [2.75, 3.05) is 6.61 Å². The normalized spacial score (nSPS) is 21.4. The number of nitriles is 1. The fourth-order valence-electron chi connectivity index (χ4n) is 3.05. The molecule has 4 rings (SSSR count). The van der Waals surface area contributed by atoms with Crippen LogP contribution < -0.4 is 0 Å². The van der Waals surface area contributed by atoms with Gasteiger partial charge in [-0.3, -0.25) is 4.57 Å². The summed E-state index contributed by atoms with van der Waals surface area (Å²) in [5.74, 6) is 0.358. The summed E-state index contributed by atoms with van der Waals surface area (Å²) in [4.78, 5) is 9.04. The maximum atomic E-state index is 10.6. The minimum absolute atomic E-state index is 0.0456. The molecule has 9 heteroatoms. The second-order valence-corrected chi connectivity index (χ2v) is 8.39. The summed E-state index contributed by atoms with van der Waals surface area (Å²) in [7, 11) is 0. The van der Waals surface area contributed by atoms with Gasteiger partial charge in [-0.1, -0.05) is 17.7 Å². The molecule has 0 aliphatic carbocycles. The fraction of sp³-hybridized carbons (Fsp3) is 0.300. The van der Waals surface area contributed by atoms with Crippen molar-refractivity contribution in [2.24, 2.45) is 9.98 Å². The Morgan fingerprint density at radius 2 is 2.24 bits per heavy atom. The second kappa shape index (κ2) is 8.29. The number of nitrogens with zero attached hydrogens (tertiary/aromatic N) is 4. The molecule has 0 bridgehead atoms. The highest BCUT2D eigenvalue weighted by Gasteiger charge is 2.24. The number of aliphatic imine (C=N–C) groups is 2. The highest BCUT2D eigenvalue weighted by atomic mass is 32.1. The van der Waals surface area contributed by atoms with E-state index < -0.39 is 0 Å². The first-order valence-electron chi connectivity index (χ1n) is 9.12. The molecule has 0 unspecified atom stereocenters. The molecule has 148 valence electrons. The van der Waals surface area contributed by atoms with E-state index in [9.17, 15) is 10.4 Å². The smallest absolute Gasteiger partial charge is 0.258 e. The van der Waals surface area contributed by atoms with Gasteiger partial charge in [-0.15, -0.1) is 11.3 Å². The number of ether oxygens (including phenoxy) is 2. The average Bonchev–Trinajstić information content (AvgIpc) is 3.41. The maximum Gasteiger partial charge on any atom is 0.258 e. The zero-order valence-corrected chi connectivity index (χ0v) is 17.3. The summed E-state index contributed by atoms with van der Waals surface area (Å²) in [6.07, 6.45) is 3.59. The molecule has 7 nitrogen and oxygen atoms in total. The molecule has 0 spiro atoms. The van der Waals surface area contributed by atoms with Gasteiger partial charge in [0.15, 0.2) is 3.95 Å². The maximum absolute atomic E-state index is 10.6. The summed E-state index contributed by atoms with van der Waals surface area (Å²) in [6.45, 7) is 3.23. The van der Waals surface area contributed by atoms with Crippen LogP contribution in [0.15, 0.2) is 40.1 Å². The van der Waals surface area contributed by atoms with E-state index in [4.69, 9.17) is 21.7 Å². The lowest BCUT2D eigenvalue weighted by molar-refractivity contribution is 0.0948. The molecule has 1 atom stereocenters. The van der Waals surface area contributed by atoms with Crippen molar-refractivity contribution in [2.45, 2.75) is 32.4 Å². The number of thiazole rings is 1. The van der Waals surface area contributed by atoms with Gasteiger partial charge in [-0.25, -0.2) is 4.99 Å². The third kappa shape index (κ3) is 4.29. The average molecular weight is 427 g/mol. The van der Waals surface area contributed by atoms with Gasteiger partial charge < -0.3 is 14.6 Å². The van der Waals surface area contributed by atoms with Crippen LogP contribution in [0.1, 0.15) is 23.3 Å². The molecule has 2 aliphatic heterocycles. The van der Waals surface area contributed by atoms with Crippen molar-refractivity contribution in [1.29, 1.82) is 5.26 Å². The number of hydrogen-bond acceptors (Lipinski definition) is 8. The third-order valence-corrected chi connectivity index (χ3v) is 5.94. The Hall–Kier alpha value is -2.80. The summed E-state index contributed by atoms with van der Waals surface area (Å²) < 4.78 is 13.5. The first kappa shape index (κ1) is 19.5. The quantitative estimate of drug-likeness (QED) is 0.727. The van der Waals surface area contributed by atoms with Crippen LogP contribution in [0.3, 0.4) is 0 Å². The van der Waals surface area contributed by atoms with E-state index in [-0.39, 0.29) is 29.5 Å². The van der Waals surface area contributed by atoms with Crippen LogP contribution in [-0.2, 0) is 16.0 Å². The molecule has 29 heavy (non-hydrogen) atoms. The second-order valence-electron chi connectivity index (χ2n) is 6.71. The largest absolute Gasteiger partial charge is 0.493 e. The van der Waals surface area contributed by atoms with Crippen LogP contribution in [0.2, 0.25) is 0 Å². The van der Waals surface area contributed by atoms with E-state index in [1.165, 1.54) is 11.3 Å². The number of hydrogen-bond donors (Lipinski definition) is 1. The molecule has 0 amide bonds. The Balaban J connectivity index is 1.59. The van der Waals surface area contributed by atoms with Crippen LogP contribution in [0.4, 0.5) is 5.69 Å². The third-order valence-electron chi connectivity index (χ3n) is 4.55. The summed E-state index contributed by atoms with van der Waals surface area (Å²) >= 11 is 6.64. The van der Waals surface area contributed by atoms with Crippen molar-refractivity contribution in [3.63, 3.8) is 0 Å². The van der Waals surface area contributed by atoms with Crippen molar-refractivity contribution in [3.8, 4) is 11.9 Å². The van der Waals surface area contributed by atoms with Gasteiger partial charge in [-0.2, -0.15) is 10.3 Å². The van der Waals surface area contributed by atoms with E-state index in [1.807, 2.05) is 37.3 Å². The number of aromatic nitrogens is 1. The van der Waals surface area contributed by atoms with Gasteiger partial charge in [0.25, 0.3) is 5.90 Å². The lowest BCUT2D eigenvalue weighted by Crippen LogP contribution is -2.14. The SMILES string of the molecule is Cc1ccc(N=C2OC(=Cc3sc(=S)n(C[C@H]4CCCO4)c3O)N=C2C#N)cc1. The Kier molecular flexibility index (Phi) is 5.58. The molecule has 1 N–H and O–H groups in total. The van der Waals surface area contributed by atoms with Crippen molar-refractivity contribution in [1.82, 2.24) is 4.57 Å². The van der Waals surface area contributed by atoms with E-state index in [0.29, 0.717) is 21.1 Å². The van der Waals surface area contributed by atoms with Gasteiger partial charge in [-0.05, 0) is 44.1 Å². The van der Waals surface area contributed by atoms with Gasteiger partial charge in [0.2, 0.25) is 17.5 Å². The van der Waals surface area contributed by atoms with Gasteiger partial charge in [0.05, 0.1) is 23.2 Å². The predicted molar refractivity (Wildman–Crippen MR) is 114 cm³/mol. The Morgan fingerprint density at radius 1 is 1.45 bits per heavy atom. The minimum Gasteiger partial charge on any atom is -0.493 e. The predicted octanol–water partition coefficient (Wildman–Crippen LogP) is 4.50. The van der Waals surface area contributed by atoms with E-state index in [2.05, 4.69) is 9.98 Å². The van der Waals surface area contributed by atoms with Crippen molar-refractivity contribution in [3.05, 3.63) is 44.5 Å². The molecule has 2 aromatic rings. The molecule has 0 saturated carbocycles. The first-order chi connectivity index (χ1) is 14.0. The number of aromatic hydroxyl groups is 1. The topological polar surface area (TPSA) is 92.1 Å². The standard InChI is InChI=1S/C20H18N4O3S2/c1-12-4-6-13(7-5-12)22-18-15(10-21)23-17(27-18)9-16-19(25)24(20(28)29-16)11-14-3-2-8-26-14/h4-7,9,14,25H,2-3,8,11H2,1H3/t14-/m1/s1.